The van der Waals surface area contributed by atoms with Gasteiger partial charge in [-0.05, 0) is 47.4 Å². The lowest BCUT2D eigenvalue weighted by Crippen LogP contribution is -2.40. The Morgan fingerprint density at radius 2 is 1.95 bits per heavy atom. The topological polar surface area (TPSA) is 24.1 Å². The SMILES string of the molecule is Fc1ccc(C2C=C(c3cccs3)NC(=S)N2)cc1. The van der Waals surface area contributed by atoms with Crippen LogP contribution in [-0.2, 0) is 0 Å². The van der Waals surface area contributed by atoms with Gasteiger partial charge in [-0.15, -0.1) is 11.3 Å². The summed E-state index contributed by atoms with van der Waals surface area (Å²) >= 11 is 6.88. The maximum Gasteiger partial charge on any atom is 0.171 e. The predicted molar refractivity (Wildman–Crippen MR) is 80.3 cm³/mol. The van der Waals surface area contributed by atoms with E-state index in [1.54, 1.807) is 23.5 Å². The Balaban J connectivity index is 1.95. The summed E-state index contributed by atoms with van der Waals surface area (Å²) in [5.41, 5.74) is 1.98. The molecule has 5 heteroatoms. The molecule has 2 aromatic rings. The molecular formula is C14H11FN2S2. The number of thiophene rings is 1. The quantitative estimate of drug-likeness (QED) is 0.828. The first-order valence-electron chi connectivity index (χ1n) is 5.81. The van der Waals surface area contributed by atoms with Crippen molar-refractivity contribution in [2.24, 2.45) is 0 Å². The number of hydrogen-bond acceptors (Lipinski definition) is 2. The molecule has 0 radical (unpaired) electrons. The maximum absolute atomic E-state index is 13.0. The largest absolute Gasteiger partial charge is 0.352 e. The number of nitrogens with one attached hydrogen (secondary N) is 2. The molecule has 1 aliphatic heterocycles. The third kappa shape index (κ3) is 2.67. The van der Waals surface area contributed by atoms with Crippen LogP contribution in [0.25, 0.3) is 5.70 Å². The first-order valence-corrected chi connectivity index (χ1v) is 7.10. The van der Waals surface area contributed by atoms with E-state index in [9.17, 15) is 4.39 Å². The van der Waals surface area contributed by atoms with Crippen molar-refractivity contribution in [3.63, 3.8) is 0 Å². The van der Waals surface area contributed by atoms with Crippen molar-refractivity contribution in [3.05, 3.63) is 64.1 Å². The standard InChI is InChI=1S/C14H11FN2S2/c15-10-5-3-9(4-6-10)11-8-12(17-14(18)16-11)13-2-1-7-19-13/h1-8,11H,(H2,16,17,18). The maximum atomic E-state index is 13.0. The Hall–Kier alpha value is -1.72. The monoisotopic (exact) mass is 290 g/mol. The highest BCUT2D eigenvalue weighted by molar-refractivity contribution is 7.80. The van der Waals surface area contributed by atoms with Crippen LogP contribution in [0.5, 0.6) is 0 Å². The van der Waals surface area contributed by atoms with Gasteiger partial charge in [0.1, 0.15) is 5.82 Å². The number of benzene rings is 1. The molecule has 0 aliphatic carbocycles. The van der Waals surface area contributed by atoms with Crippen molar-refractivity contribution in [1.82, 2.24) is 10.6 Å². The Kier molecular flexibility index (Phi) is 3.31. The lowest BCUT2D eigenvalue weighted by molar-refractivity contribution is 0.625. The number of thiocarbonyl (C=S) groups is 1. The molecule has 2 N–H and O–H groups in total. The molecule has 1 aromatic carbocycles. The first kappa shape index (κ1) is 12.3. The summed E-state index contributed by atoms with van der Waals surface area (Å²) in [5.74, 6) is -0.234. The van der Waals surface area contributed by atoms with Crippen molar-refractivity contribution in [3.8, 4) is 0 Å². The third-order valence-electron chi connectivity index (χ3n) is 2.88. The van der Waals surface area contributed by atoms with E-state index in [-0.39, 0.29) is 11.9 Å². The van der Waals surface area contributed by atoms with Crippen LogP contribution in [0.3, 0.4) is 0 Å². The zero-order valence-electron chi connectivity index (χ0n) is 9.89. The number of rotatable bonds is 2. The molecule has 0 saturated heterocycles. The summed E-state index contributed by atoms with van der Waals surface area (Å²) < 4.78 is 13.0. The molecule has 0 amide bonds. The zero-order chi connectivity index (χ0) is 13.2. The minimum absolute atomic E-state index is 0.0357. The highest BCUT2D eigenvalue weighted by atomic mass is 32.1. The zero-order valence-corrected chi connectivity index (χ0v) is 11.5. The summed E-state index contributed by atoms with van der Waals surface area (Å²) in [4.78, 5) is 1.14. The van der Waals surface area contributed by atoms with Crippen molar-refractivity contribution < 1.29 is 4.39 Å². The molecule has 1 unspecified atom stereocenters. The molecule has 0 spiro atoms. The summed E-state index contributed by atoms with van der Waals surface area (Å²) in [7, 11) is 0. The summed E-state index contributed by atoms with van der Waals surface area (Å²) in [5, 5.41) is 8.92. The van der Waals surface area contributed by atoms with Crippen LogP contribution < -0.4 is 10.6 Å². The molecule has 0 saturated carbocycles. The van der Waals surface area contributed by atoms with Gasteiger partial charge in [0.25, 0.3) is 0 Å². The molecular weight excluding hydrogens is 279 g/mol. The van der Waals surface area contributed by atoms with E-state index in [4.69, 9.17) is 12.2 Å². The van der Waals surface area contributed by atoms with Gasteiger partial charge in [-0.2, -0.15) is 0 Å². The Morgan fingerprint density at radius 3 is 2.63 bits per heavy atom. The van der Waals surface area contributed by atoms with Crippen LogP contribution in [0, 0.1) is 5.82 Å². The van der Waals surface area contributed by atoms with Crippen LogP contribution in [-0.4, -0.2) is 5.11 Å². The minimum atomic E-state index is -0.234. The summed E-state index contributed by atoms with van der Waals surface area (Å²) in [6.45, 7) is 0. The van der Waals surface area contributed by atoms with E-state index in [1.165, 1.54) is 12.1 Å². The lowest BCUT2D eigenvalue weighted by Gasteiger charge is -2.25. The normalized spacial score (nSPS) is 18.5. The van der Waals surface area contributed by atoms with Gasteiger partial charge < -0.3 is 10.6 Å². The van der Waals surface area contributed by atoms with Crippen molar-refractivity contribution in [2.45, 2.75) is 6.04 Å². The highest BCUT2D eigenvalue weighted by Crippen LogP contribution is 2.25. The molecule has 2 heterocycles. The van der Waals surface area contributed by atoms with Crippen LogP contribution in [0.2, 0.25) is 0 Å². The van der Waals surface area contributed by atoms with E-state index < -0.39 is 0 Å². The van der Waals surface area contributed by atoms with E-state index in [1.807, 2.05) is 17.5 Å². The predicted octanol–water partition coefficient (Wildman–Crippen LogP) is 3.45. The average molecular weight is 290 g/mol. The summed E-state index contributed by atoms with van der Waals surface area (Å²) in [6, 6.07) is 10.5. The fourth-order valence-electron chi connectivity index (χ4n) is 1.97. The van der Waals surface area contributed by atoms with E-state index in [2.05, 4.69) is 16.7 Å². The average Bonchev–Trinajstić information content (AvgIpc) is 2.93. The third-order valence-corrected chi connectivity index (χ3v) is 4.01. The van der Waals surface area contributed by atoms with Gasteiger partial charge in [-0.3, -0.25) is 0 Å². The van der Waals surface area contributed by atoms with Crippen molar-refractivity contribution >= 4 is 34.4 Å². The van der Waals surface area contributed by atoms with Gasteiger partial charge in [0.2, 0.25) is 0 Å². The molecule has 0 bridgehead atoms. The fourth-order valence-corrected chi connectivity index (χ4v) is 2.92. The summed E-state index contributed by atoms with van der Waals surface area (Å²) in [6.07, 6.45) is 2.06. The Bertz CT molecular complexity index is 617. The van der Waals surface area contributed by atoms with E-state index >= 15 is 0 Å². The molecule has 1 aliphatic rings. The molecule has 0 fully saturated rings. The van der Waals surface area contributed by atoms with Crippen LogP contribution in [0.15, 0.2) is 47.9 Å². The van der Waals surface area contributed by atoms with Crippen LogP contribution in [0.1, 0.15) is 16.5 Å². The van der Waals surface area contributed by atoms with Crippen LogP contribution >= 0.6 is 23.6 Å². The first-order chi connectivity index (χ1) is 9.22. The fraction of sp³-hybridized carbons (Fsp3) is 0.0714. The van der Waals surface area contributed by atoms with E-state index in [0.717, 1.165) is 16.1 Å². The highest BCUT2D eigenvalue weighted by Gasteiger charge is 2.18. The number of hydrogen-bond donors (Lipinski definition) is 2. The van der Waals surface area contributed by atoms with Gasteiger partial charge in [0.05, 0.1) is 16.6 Å². The lowest BCUT2D eigenvalue weighted by atomic mass is 10.0. The second kappa shape index (κ2) is 5.11. The second-order valence-corrected chi connectivity index (χ2v) is 5.54. The molecule has 2 nitrogen and oxygen atoms in total. The molecule has 1 atom stereocenters. The Labute approximate surface area is 120 Å². The molecule has 19 heavy (non-hydrogen) atoms. The minimum Gasteiger partial charge on any atom is -0.352 e. The molecule has 1 aromatic heterocycles. The molecule has 3 rings (SSSR count). The number of halogens is 1. The van der Waals surface area contributed by atoms with Gasteiger partial charge in [-0.1, -0.05) is 18.2 Å². The van der Waals surface area contributed by atoms with Gasteiger partial charge in [-0.25, -0.2) is 4.39 Å². The van der Waals surface area contributed by atoms with Gasteiger partial charge in [0.15, 0.2) is 5.11 Å². The smallest absolute Gasteiger partial charge is 0.171 e. The van der Waals surface area contributed by atoms with E-state index in [0.29, 0.717) is 5.11 Å². The Morgan fingerprint density at radius 1 is 1.16 bits per heavy atom. The van der Waals surface area contributed by atoms with Crippen LogP contribution in [0.4, 0.5) is 4.39 Å². The van der Waals surface area contributed by atoms with Gasteiger partial charge in [0, 0.05) is 0 Å². The molecule has 96 valence electrons. The van der Waals surface area contributed by atoms with Crippen molar-refractivity contribution in [2.75, 3.05) is 0 Å². The van der Waals surface area contributed by atoms with Gasteiger partial charge >= 0.3 is 0 Å². The second-order valence-electron chi connectivity index (χ2n) is 4.19. The van der Waals surface area contributed by atoms with Crippen molar-refractivity contribution in [1.29, 1.82) is 0 Å².